The molecule has 0 unspecified atom stereocenters. The molecule has 9 nitrogen and oxygen atoms in total. The Hall–Kier alpha value is -0.820. The molecule has 1 saturated heterocycles. The fraction of sp³-hybridized carbons (Fsp3) is 0.846. The van der Waals surface area contributed by atoms with Crippen LogP contribution in [0.25, 0.3) is 0 Å². The lowest BCUT2D eigenvalue weighted by Gasteiger charge is -2.35. The summed E-state index contributed by atoms with van der Waals surface area (Å²) < 4.78 is 30.2. The van der Waals surface area contributed by atoms with Crippen LogP contribution in [0.5, 0.6) is 0 Å². The van der Waals surface area contributed by atoms with Crippen molar-refractivity contribution >= 4 is 46.1 Å². The smallest absolute Gasteiger partial charge is 0.409 e. The maximum absolute atomic E-state index is 11.7. The Bertz CT molecular complexity index is 506. The zero-order valence-corrected chi connectivity index (χ0v) is 17.6. The molecule has 1 rings (SSSR count). The number of ether oxygens (including phenoxy) is 1. The molecule has 24 heavy (non-hydrogen) atoms. The Kier molecular flexibility index (Phi) is 11.3. The molecule has 1 aliphatic rings. The van der Waals surface area contributed by atoms with Crippen molar-refractivity contribution in [2.75, 3.05) is 58.7 Å². The van der Waals surface area contributed by atoms with Gasteiger partial charge >= 0.3 is 6.09 Å². The number of aliphatic imine (C=N–C) groups is 1. The van der Waals surface area contributed by atoms with Crippen molar-refractivity contribution in [2.24, 2.45) is 4.99 Å². The number of nitrogens with one attached hydrogen (secondary N) is 2. The minimum atomic E-state index is -3.17. The lowest BCUT2D eigenvalue weighted by Crippen LogP contribution is -2.54. The van der Waals surface area contributed by atoms with Gasteiger partial charge in [0, 0.05) is 46.3 Å². The van der Waals surface area contributed by atoms with Gasteiger partial charge < -0.3 is 19.9 Å². The molecule has 0 aliphatic carbocycles. The van der Waals surface area contributed by atoms with E-state index in [-0.39, 0.29) is 35.8 Å². The van der Waals surface area contributed by atoms with Gasteiger partial charge in [0.25, 0.3) is 0 Å². The molecule has 2 N–H and O–H groups in total. The number of sulfonamides is 1. The summed E-state index contributed by atoms with van der Waals surface area (Å²) in [4.78, 5) is 19.5. The Morgan fingerprint density at radius 2 is 1.71 bits per heavy atom. The molecule has 0 radical (unpaired) electrons. The van der Waals surface area contributed by atoms with E-state index in [1.165, 1.54) is 0 Å². The van der Waals surface area contributed by atoms with Crippen LogP contribution >= 0.6 is 24.0 Å². The summed E-state index contributed by atoms with van der Waals surface area (Å²) in [6, 6.07) is 0. The van der Waals surface area contributed by atoms with Crippen LogP contribution < -0.4 is 10.0 Å². The number of rotatable bonds is 6. The molecule has 1 heterocycles. The third-order valence-electron chi connectivity index (χ3n) is 3.43. The van der Waals surface area contributed by atoms with Crippen molar-refractivity contribution in [3.05, 3.63) is 0 Å². The fourth-order valence-electron chi connectivity index (χ4n) is 2.13. The third-order valence-corrected chi connectivity index (χ3v) is 4.83. The summed E-state index contributed by atoms with van der Waals surface area (Å²) in [6.07, 6.45) is -0.288. The predicted octanol–water partition coefficient (Wildman–Crippen LogP) is -0.107. The average molecular weight is 477 g/mol. The first-order chi connectivity index (χ1) is 10.9. The van der Waals surface area contributed by atoms with Gasteiger partial charge in [0.05, 0.1) is 12.4 Å². The highest BCUT2D eigenvalue weighted by Crippen LogP contribution is 2.04. The van der Waals surface area contributed by atoms with Crippen LogP contribution in [0.2, 0.25) is 0 Å². The number of nitrogens with zero attached hydrogens (tertiary/aromatic N) is 3. The Morgan fingerprint density at radius 3 is 2.21 bits per heavy atom. The summed E-state index contributed by atoms with van der Waals surface area (Å²) in [5.74, 6) is 0.765. The molecular formula is C13H28IN5O4S. The summed E-state index contributed by atoms with van der Waals surface area (Å²) in [5.41, 5.74) is 0. The molecular weight excluding hydrogens is 449 g/mol. The van der Waals surface area contributed by atoms with Crippen molar-refractivity contribution < 1.29 is 17.9 Å². The lowest BCUT2D eigenvalue weighted by molar-refractivity contribution is 0.0915. The maximum Gasteiger partial charge on any atom is 0.409 e. The minimum Gasteiger partial charge on any atom is -0.450 e. The molecule has 0 aromatic rings. The van der Waals surface area contributed by atoms with E-state index in [9.17, 15) is 13.2 Å². The van der Waals surface area contributed by atoms with E-state index >= 15 is 0 Å². The first-order valence-corrected chi connectivity index (χ1v) is 9.43. The zero-order valence-electron chi connectivity index (χ0n) is 14.4. The fourth-order valence-corrected chi connectivity index (χ4v) is 2.75. The Balaban J connectivity index is 0.00000529. The van der Waals surface area contributed by atoms with Gasteiger partial charge in [0.2, 0.25) is 10.0 Å². The number of hydrogen-bond acceptors (Lipinski definition) is 5. The highest BCUT2D eigenvalue weighted by molar-refractivity contribution is 14.0. The molecule has 0 bridgehead atoms. The minimum absolute atomic E-state index is 0. The molecule has 142 valence electrons. The SMILES string of the molecule is CCOC(=O)N1CCN(C(=NC)NCCNS(=O)(=O)CC)CC1.I. The predicted molar refractivity (Wildman–Crippen MR) is 104 cm³/mol. The van der Waals surface area contributed by atoms with Gasteiger partial charge in [-0.25, -0.2) is 17.9 Å². The van der Waals surface area contributed by atoms with Crippen molar-refractivity contribution in [2.45, 2.75) is 13.8 Å². The molecule has 0 saturated carbocycles. The molecule has 0 spiro atoms. The zero-order chi connectivity index (χ0) is 17.3. The maximum atomic E-state index is 11.7. The van der Waals surface area contributed by atoms with Gasteiger partial charge in [0.15, 0.2) is 5.96 Å². The summed E-state index contributed by atoms with van der Waals surface area (Å²) in [5, 5.41) is 3.12. The van der Waals surface area contributed by atoms with Crippen LogP contribution in [0.4, 0.5) is 4.79 Å². The quantitative estimate of drug-likeness (QED) is 0.240. The average Bonchev–Trinajstić information content (AvgIpc) is 2.55. The second-order valence-electron chi connectivity index (χ2n) is 4.94. The highest BCUT2D eigenvalue weighted by Gasteiger charge is 2.23. The van der Waals surface area contributed by atoms with Gasteiger partial charge in [-0.3, -0.25) is 4.99 Å². The van der Waals surface area contributed by atoms with Crippen molar-refractivity contribution in [3.8, 4) is 0 Å². The molecule has 1 aliphatic heterocycles. The normalized spacial score (nSPS) is 15.7. The van der Waals surface area contributed by atoms with E-state index in [1.807, 2.05) is 4.90 Å². The monoisotopic (exact) mass is 477 g/mol. The number of carbonyl (C=O) groups is 1. The molecule has 0 aromatic carbocycles. The molecule has 0 atom stereocenters. The van der Waals surface area contributed by atoms with Crippen LogP contribution in [0, 0.1) is 0 Å². The van der Waals surface area contributed by atoms with Crippen LogP contribution in [0.15, 0.2) is 4.99 Å². The van der Waals surface area contributed by atoms with E-state index in [0.717, 1.165) is 0 Å². The van der Waals surface area contributed by atoms with Gasteiger partial charge in [-0.2, -0.15) is 0 Å². The van der Waals surface area contributed by atoms with E-state index < -0.39 is 10.0 Å². The summed E-state index contributed by atoms with van der Waals surface area (Å²) >= 11 is 0. The van der Waals surface area contributed by atoms with Gasteiger partial charge in [-0.15, -0.1) is 24.0 Å². The summed E-state index contributed by atoms with van der Waals surface area (Å²) in [7, 11) is -1.50. The van der Waals surface area contributed by atoms with Crippen molar-refractivity contribution in [1.82, 2.24) is 19.8 Å². The topological polar surface area (TPSA) is 103 Å². The highest BCUT2D eigenvalue weighted by atomic mass is 127. The number of amides is 1. The van der Waals surface area contributed by atoms with E-state index in [4.69, 9.17) is 4.74 Å². The first kappa shape index (κ1) is 23.2. The van der Waals surface area contributed by atoms with Crippen molar-refractivity contribution in [3.63, 3.8) is 0 Å². The van der Waals surface area contributed by atoms with Gasteiger partial charge in [-0.1, -0.05) is 0 Å². The van der Waals surface area contributed by atoms with Crippen LogP contribution in [0.3, 0.4) is 0 Å². The molecule has 11 heteroatoms. The van der Waals surface area contributed by atoms with E-state index in [0.29, 0.717) is 51.8 Å². The largest absolute Gasteiger partial charge is 0.450 e. The second-order valence-corrected chi connectivity index (χ2v) is 7.04. The molecule has 0 aromatic heterocycles. The van der Waals surface area contributed by atoms with Crippen LogP contribution in [0.1, 0.15) is 13.8 Å². The molecule has 1 amide bonds. The number of piperazine rings is 1. The van der Waals surface area contributed by atoms with Gasteiger partial charge in [-0.05, 0) is 13.8 Å². The number of hydrogen-bond donors (Lipinski definition) is 2. The van der Waals surface area contributed by atoms with Crippen LogP contribution in [-0.2, 0) is 14.8 Å². The van der Waals surface area contributed by atoms with Crippen molar-refractivity contribution in [1.29, 1.82) is 0 Å². The standard InChI is InChI=1S/C13H27N5O4S.HI/c1-4-22-13(19)18-10-8-17(9-11-18)12(14-3)15-6-7-16-23(20,21)5-2;/h16H,4-11H2,1-3H3,(H,14,15);1H. The summed E-state index contributed by atoms with van der Waals surface area (Å²) in [6.45, 7) is 6.95. The first-order valence-electron chi connectivity index (χ1n) is 7.78. The second kappa shape index (κ2) is 11.7. The van der Waals surface area contributed by atoms with Crippen LogP contribution in [-0.4, -0.2) is 88.9 Å². The lowest BCUT2D eigenvalue weighted by atomic mass is 10.3. The van der Waals surface area contributed by atoms with E-state index in [2.05, 4.69) is 15.0 Å². The Morgan fingerprint density at radius 1 is 1.12 bits per heavy atom. The van der Waals surface area contributed by atoms with E-state index in [1.54, 1.807) is 25.8 Å². The van der Waals surface area contributed by atoms with Gasteiger partial charge in [0.1, 0.15) is 0 Å². The number of halogens is 1. The number of guanidine groups is 1. The number of carbonyl (C=O) groups excluding carboxylic acids is 1. The third kappa shape index (κ3) is 7.83. The Labute approximate surface area is 161 Å². The molecule has 1 fully saturated rings.